The molecule has 0 saturated carbocycles. The van der Waals surface area contributed by atoms with Crippen LogP contribution in [0.5, 0.6) is 0 Å². The summed E-state index contributed by atoms with van der Waals surface area (Å²) in [6.07, 6.45) is 0. The van der Waals surface area contributed by atoms with Gasteiger partial charge in [0.1, 0.15) is 0 Å². The van der Waals surface area contributed by atoms with Crippen molar-refractivity contribution in [3.05, 3.63) is 65.6 Å². The molecule has 2 aromatic carbocycles. The highest BCUT2D eigenvalue weighted by Gasteiger charge is 2.24. The van der Waals surface area contributed by atoms with Gasteiger partial charge in [0.2, 0.25) is 10.0 Å². The Morgan fingerprint density at radius 3 is 2.30 bits per heavy atom. The van der Waals surface area contributed by atoms with Gasteiger partial charge in [0, 0.05) is 11.1 Å². The highest BCUT2D eigenvalue weighted by molar-refractivity contribution is 7.93. The first-order valence-electron chi connectivity index (χ1n) is 9.05. The fraction of sp³-hybridized carbons (Fsp3) is 0.190. The van der Waals surface area contributed by atoms with Gasteiger partial charge in [-0.3, -0.25) is 4.72 Å². The molecule has 0 radical (unpaired) electrons. The van der Waals surface area contributed by atoms with Gasteiger partial charge in [0.15, 0.2) is 5.69 Å². The third-order valence-electron chi connectivity index (χ3n) is 4.62. The van der Waals surface area contributed by atoms with E-state index in [-0.39, 0.29) is 17.1 Å². The molecule has 0 bridgehead atoms. The number of benzene rings is 2. The zero-order valence-electron chi connectivity index (χ0n) is 16.6. The lowest BCUT2D eigenvalue weighted by atomic mass is 9.99. The van der Waals surface area contributed by atoms with E-state index in [1.807, 2.05) is 0 Å². The first kappa shape index (κ1) is 21.1. The zero-order chi connectivity index (χ0) is 22.1. The summed E-state index contributed by atoms with van der Waals surface area (Å²) in [5.41, 5.74) is 2.59. The fourth-order valence-corrected chi connectivity index (χ4v) is 3.73. The first-order valence-corrected chi connectivity index (χ1v) is 10.6. The number of aromatic nitrogens is 2. The molecule has 1 heterocycles. The van der Waals surface area contributed by atoms with Crippen molar-refractivity contribution in [1.82, 2.24) is 9.78 Å². The lowest BCUT2D eigenvalue weighted by Gasteiger charge is -2.15. The number of carbonyl (C=O) groups is 1. The van der Waals surface area contributed by atoms with E-state index in [0.29, 0.717) is 16.8 Å². The van der Waals surface area contributed by atoms with Crippen molar-refractivity contribution in [1.29, 1.82) is 0 Å². The van der Waals surface area contributed by atoms with Gasteiger partial charge in [-0.25, -0.2) is 13.2 Å². The van der Waals surface area contributed by atoms with E-state index in [4.69, 9.17) is 6.57 Å². The summed E-state index contributed by atoms with van der Waals surface area (Å²) in [4.78, 5) is 15.0. The molecule has 0 aliphatic heterocycles. The van der Waals surface area contributed by atoms with Crippen LogP contribution in [0.3, 0.4) is 0 Å². The Morgan fingerprint density at radius 2 is 1.73 bits per heavy atom. The molecule has 0 aliphatic carbocycles. The molecule has 3 aromatic rings. The van der Waals surface area contributed by atoms with Crippen LogP contribution in [0.4, 0.5) is 11.5 Å². The second kappa shape index (κ2) is 8.00. The topological polar surface area (TPSA) is 106 Å². The molecule has 154 valence electrons. The van der Waals surface area contributed by atoms with Gasteiger partial charge in [0.05, 0.1) is 18.0 Å². The van der Waals surface area contributed by atoms with Crippen molar-refractivity contribution in [2.24, 2.45) is 7.05 Å². The number of aryl methyl sites for hydroxylation is 1. The van der Waals surface area contributed by atoms with Gasteiger partial charge < -0.3 is 9.95 Å². The van der Waals surface area contributed by atoms with Crippen LogP contribution in [0.25, 0.3) is 27.1 Å². The summed E-state index contributed by atoms with van der Waals surface area (Å²) >= 11 is 0. The Hall–Kier alpha value is -3.64. The first-order chi connectivity index (χ1) is 14.2. The van der Waals surface area contributed by atoms with E-state index in [1.165, 1.54) is 11.7 Å². The molecular formula is C21H20N4O4S. The van der Waals surface area contributed by atoms with Crippen LogP contribution in [0.2, 0.25) is 0 Å². The quantitative estimate of drug-likeness (QED) is 0.578. The number of hydrogen-bond donors (Lipinski definition) is 2. The summed E-state index contributed by atoms with van der Waals surface area (Å²) in [6, 6.07) is 13.9. The second-order valence-corrected chi connectivity index (χ2v) is 9.14. The minimum Gasteiger partial charge on any atom is -0.476 e. The van der Waals surface area contributed by atoms with E-state index in [0.717, 1.165) is 5.56 Å². The molecular weight excluding hydrogens is 404 g/mol. The normalized spacial score (nSPS) is 11.3. The third-order valence-corrected chi connectivity index (χ3v) is 6.37. The lowest BCUT2D eigenvalue weighted by molar-refractivity contribution is 0.0686. The minimum absolute atomic E-state index is 0.00717. The number of carboxylic acids is 1. The number of nitrogens with one attached hydrogen (secondary N) is 1. The largest absolute Gasteiger partial charge is 0.476 e. The third kappa shape index (κ3) is 3.90. The Balaban J connectivity index is 2.06. The number of carboxylic acid groups (broad SMARTS) is 1. The fourth-order valence-electron chi connectivity index (χ4n) is 3.01. The smallest absolute Gasteiger partial charge is 0.355 e. The number of rotatable bonds is 6. The molecule has 8 nitrogen and oxygen atoms in total. The van der Waals surface area contributed by atoms with Gasteiger partial charge in [-0.15, -0.1) is 0 Å². The zero-order valence-corrected chi connectivity index (χ0v) is 17.4. The summed E-state index contributed by atoms with van der Waals surface area (Å²) in [6.45, 7) is 10.5. The van der Waals surface area contributed by atoms with E-state index < -0.39 is 21.2 Å². The maximum absolute atomic E-state index is 12.3. The standard InChI is InChI=1S/C21H20N4O4S/c1-13(2)30(28,29)24-17-8-6-5-7-16(17)14-9-11-15(12-10-14)18-19(21(26)27)25(4)23-20(18)22-3/h5-13,24H,1-2,4H3,(H,26,27). The van der Waals surface area contributed by atoms with E-state index in [2.05, 4.69) is 14.7 Å². The van der Waals surface area contributed by atoms with Crippen LogP contribution < -0.4 is 4.72 Å². The maximum Gasteiger partial charge on any atom is 0.355 e. The van der Waals surface area contributed by atoms with E-state index in [9.17, 15) is 18.3 Å². The van der Waals surface area contributed by atoms with Crippen molar-refractivity contribution in [3.8, 4) is 22.3 Å². The van der Waals surface area contributed by atoms with Crippen molar-refractivity contribution < 1.29 is 18.3 Å². The van der Waals surface area contributed by atoms with Crippen LogP contribution in [-0.2, 0) is 17.1 Å². The number of para-hydroxylation sites is 1. The summed E-state index contributed by atoms with van der Waals surface area (Å²) in [7, 11) is -2.03. The molecule has 0 aliphatic rings. The SMILES string of the molecule is [C-]#[N+]c1nn(C)c(C(=O)O)c1-c1ccc(-c2ccccc2NS(=O)(=O)C(C)C)cc1. The Labute approximate surface area is 174 Å². The van der Waals surface area contributed by atoms with E-state index >= 15 is 0 Å². The molecule has 0 spiro atoms. The van der Waals surface area contributed by atoms with Crippen LogP contribution >= 0.6 is 0 Å². The van der Waals surface area contributed by atoms with Crippen molar-refractivity contribution in [2.45, 2.75) is 19.1 Å². The number of anilines is 1. The van der Waals surface area contributed by atoms with Crippen LogP contribution in [0, 0.1) is 6.57 Å². The molecule has 2 N–H and O–H groups in total. The van der Waals surface area contributed by atoms with Gasteiger partial charge in [-0.2, -0.15) is 4.68 Å². The number of aromatic carboxylic acids is 1. The van der Waals surface area contributed by atoms with Gasteiger partial charge >= 0.3 is 11.8 Å². The molecule has 30 heavy (non-hydrogen) atoms. The molecule has 0 amide bonds. The number of sulfonamides is 1. The monoisotopic (exact) mass is 424 g/mol. The average Bonchev–Trinajstić information content (AvgIpc) is 3.04. The summed E-state index contributed by atoms with van der Waals surface area (Å²) in [5, 5.41) is 12.9. The molecule has 0 fully saturated rings. The van der Waals surface area contributed by atoms with Gasteiger partial charge in [-0.1, -0.05) is 49.0 Å². The summed E-state index contributed by atoms with van der Waals surface area (Å²) in [5.74, 6) is -1.17. The molecule has 3 rings (SSSR count). The van der Waals surface area contributed by atoms with Crippen molar-refractivity contribution >= 4 is 27.5 Å². The van der Waals surface area contributed by atoms with Gasteiger partial charge in [-0.05, 0) is 36.1 Å². The minimum atomic E-state index is -3.51. The predicted octanol–water partition coefficient (Wildman–Crippen LogP) is 4.15. The van der Waals surface area contributed by atoms with E-state index in [1.54, 1.807) is 62.4 Å². The molecule has 1 aromatic heterocycles. The summed E-state index contributed by atoms with van der Waals surface area (Å²) < 4.78 is 28.4. The predicted molar refractivity (Wildman–Crippen MR) is 115 cm³/mol. The second-order valence-electron chi connectivity index (χ2n) is 6.91. The van der Waals surface area contributed by atoms with Gasteiger partial charge in [0.25, 0.3) is 0 Å². The number of hydrogen-bond acceptors (Lipinski definition) is 4. The molecule has 0 unspecified atom stereocenters. The Morgan fingerprint density at radius 1 is 1.13 bits per heavy atom. The Bertz CT molecular complexity index is 1250. The molecule has 9 heteroatoms. The van der Waals surface area contributed by atoms with Crippen LogP contribution in [0.15, 0.2) is 48.5 Å². The lowest BCUT2D eigenvalue weighted by Crippen LogP contribution is -2.22. The molecule has 0 atom stereocenters. The maximum atomic E-state index is 12.3. The number of nitrogens with zero attached hydrogens (tertiary/aromatic N) is 3. The highest BCUT2D eigenvalue weighted by Crippen LogP contribution is 2.36. The average molecular weight is 424 g/mol. The van der Waals surface area contributed by atoms with Crippen LogP contribution in [-0.4, -0.2) is 34.5 Å². The van der Waals surface area contributed by atoms with Crippen LogP contribution in [0.1, 0.15) is 24.3 Å². The van der Waals surface area contributed by atoms with Crippen molar-refractivity contribution in [2.75, 3.05) is 4.72 Å². The highest BCUT2D eigenvalue weighted by atomic mass is 32.2. The molecule has 0 saturated heterocycles. The van der Waals surface area contributed by atoms with Crippen molar-refractivity contribution in [3.63, 3.8) is 0 Å². The Kier molecular flexibility index (Phi) is 5.62.